The Hall–Kier alpha value is -0.420. The second kappa shape index (κ2) is 5.52. The van der Waals surface area contributed by atoms with Crippen LogP contribution in [0.25, 0.3) is 0 Å². The molecule has 1 N–H and O–H groups in total. The van der Waals surface area contributed by atoms with Crippen LogP contribution in [0.3, 0.4) is 0 Å². The largest absolute Gasteiger partial charge is 0.378 e. The Labute approximate surface area is 122 Å². The topological polar surface area (TPSA) is 30.5 Å². The van der Waals surface area contributed by atoms with Crippen molar-refractivity contribution >= 4 is 15.9 Å². The highest BCUT2D eigenvalue weighted by Crippen LogP contribution is 2.36. The molecule has 1 heterocycles. The lowest BCUT2D eigenvalue weighted by Crippen LogP contribution is -2.43. The average molecular weight is 326 g/mol. The number of ether oxygens (including phenoxy) is 2. The molecule has 3 rings (SSSR count). The molecular weight excluding hydrogens is 306 g/mol. The number of methoxy groups -OCH3 is 1. The molecule has 104 valence electrons. The van der Waals surface area contributed by atoms with Gasteiger partial charge in [0.15, 0.2) is 0 Å². The summed E-state index contributed by atoms with van der Waals surface area (Å²) < 4.78 is 12.4. The van der Waals surface area contributed by atoms with Crippen molar-refractivity contribution in [3.8, 4) is 0 Å². The molecule has 4 heteroatoms. The summed E-state index contributed by atoms with van der Waals surface area (Å²) in [7, 11) is 1.79. The summed E-state index contributed by atoms with van der Waals surface area (Å²) in [5.41, 5.74) is 2.75. The lowest BCUT2D eigenvalue weighted by molar-refractivity contribution is -0.0175. The highest BCUT2D eigenvalue weighted by atomic mass is 79.9. The van der Waals surface area contributed by atoms with Crippen molar-refractivity contribution in [2.45, 2.75) is 30.9 Å². The molecule has 1 aromatic carbocycles. The summed E-state index contributed by atoms with van der Waals surface area (Å²) in [6, 6.07) is 6.92. The van der Waals surface area contributed by atoms with Crippen molar-refractivity contribution < 1.29 is 9.47 Å². The maximum atomic E-state index is 5.67. The van der Waals surface area contributed by atoms with Crippen LogP contribution in [0.15, 0.2) is 22.7 Å². The molecule has 1 aliphatic carbocycles. The molecule has 0 amide bonds. The van der Waals surface area contributed by atoms with Crippen LogP contribution in [-0.2, 0) is 15.9 Å². The second-order valence-corrected chi connectivity index (χ2v) is 6.32. The zero-order valence-electron chi connectivity index (χ0n) is 11.2. The summed E-state index contributed by atoms with van der Waals surface area (Å²) in [5.74, 6) is 0. The second-order valence-electron chi connectivity index (χ2n) is 5.47. The molecule has 0 bridgehead atoms. The quantitative estimate of drug-likeness (QED) is 0.923. The highest BCUT2D eigenvalue weighted by Gasteiger charge is 2.36. The van der Waals surface area contributed by atoms with Crippen LogP contribution in [0.5, 0.6) is 0 Å². The number of fused-ring (bicyclic) bond motifs is 1. The van der Waals surface area contributed by atoms with E-state index in [4.69, 9.17) is 9.47 Å². The van der Waals surface area contributed by atoms with Gasteiger partial charge in [-0.15, -0.1) is 0 Å². The van der Waals surface area contributed by atoms with Crippen molar-refractivity contribution in [1.82, 2.24) is 5.32 Å². The number of hydrogen-bond acceptors (Lipinski definition) is 3. The van der Waals surface area contributed by atoms with Gasteiger partial charge in [0, 0.05) is 37.2 Å². The normalized spacial score (nSPS) is 29.7. The lowest BCUT2D eigenvalue weighted by atomic mass is 10.0. The molecule has 1 saturated heterocycles. The van der Waals surface area contributed by atoms with Crippen LogP contribution in [-0.4, -0.2) is 32.5 Å². The van der Waals surface area contributed by atoms with Gasteiger partial charge >= 0.3 is 0 Å². The van der Waals surface area contributed by atoms with Crippen molar-refractivity contribution in [2.75, 3.05) is 26.9 Å². The van der Waals surface area contributed by atoms with Gasteiger partial charge < -0.3 is 14.8 Å². The van der Waals surface area contributed by atoms with Crippen LogP contribution >= 0.6 is 15.9 Å². The Balaban J connectivity index is 1.68. The van der Waals surface area contributed by atoms with Gasteiger partial charge in [0.1, 0.15) is 5.60 Å². The summed E-state index contributed by atoms with van der Waals surface area (Å²) >= 11 is 3.64. The van der Waals surface area contributed by atoms with Crippen molar-refractivity contribution in [1.29, 1.82) is 0 Å². The Morgan fingerprint density at radius 2 is 2.42 bits per heavy atom. The molecule has 1 aromatic rings. The van der Waals surface area contributed by atoms with E-state index in [0.717, 1.165) is 26.0 Å². The molecule has 0 aromatic heterocycles. The van der Waals surface area contributed by atoms with E-state index in [2.05, 4.69) is 39.4 Å². The van der Waals surface area contributed by atoms with Crippen LogP contribution in [0.2, 0.25) is 0 Å². The van der Waals surface area contributed by atoms with E-state index in [-0.39, 0.29) is 5.60 Å². The number of rotatable bonds is 4. The number of hydrogen-bond donors (Lipinski definition) is 1. The summed E-state index contributed by atoms with van der Waals surface area (Å²) in [5, 5.41) is 3.67. The van der Waals surface area contributed by atoms with E-state index in [1.165, 1.54) is 22.0 Å². The summed E-state index contributed by atoms with van der Waals surface area (Å²) in [6.07, 6.45) is 3.29. The molecule has 3 nitrogen and oxygen atoms in total. The fraction of sp³-hybridized carbons (Fsp3) is 0.600. The molecule has 2 unspecified atom stereocenters. The minimum Gasteiger partial charge on any atom is -0.378 e. The first-order chi connectivity index (χ1) is 9.24. The minimum atomic E-state index is -0.130. The van der Waals surface area contributed by atoms with Gasteiger partial charge in [0.05, 0.1) is 6.61 Å². The molecule has 1 aliphatic heterocycles. The molecule has 0 radical (unpaired) electrons. The van der Waals surface area contributed by atoms with Gasteiger partial charge in [-0.05, 0) is 30.0 Å². The van der Waals surface area contributed by atoms with Gasteiger partial charge in [0.25, 0.3) is 0 Å². The van der Waals surface area contributed by atoms with Gasteiger partial charge in [0.2, 0.25) is 0 Å². The minimum absolute atomic E-state index is 0.130. The Morgan fingerprint density at radius 1 is 1.53 bits per heavy atom. The van der Waals surface area contributed by atoms with Crippen LogP contribution in [0, 0.1) is 0 Å². The molecular formula is C15H20BrNO2. The zero-order chi connectivity index (χ0) is 13.3. The molecule has 19 heavy (non-hydrogen) atoms. The molecule has 1 fully saturated rings. The van der Waals surface area contributed by atoms with Gasteiger partial charge in [-0.1, -0.05) is 28.1 Å². The monoisotopic (exact) mass is 325 g/mol. The number of halogens is 1. The smallest absolute Gasteiger partial charge is 0.106 e. The Bertz CT molecular complexity index is 457. The fourth-order valence-corrected chi connectivity index (χ4v) is 3.67. The first-order valence-corrected chi connectivity index (χ1v) is 7.67. The predicted octanol–water partition coefficient (Wildman–Crippen LogP) is 2.83. The predicted molar refractivity (Wildman–Crippen MR) is 78.4 cm³/mol. The first-order valence-electron chi connectivity index (χ1n) is 6.88. The fourth-order valence-electron chi connectivity index (χ4n) is 3.09. The van der Waals surface area contributed by atoms with E-state index < -0.39 is 0 Å². The summed E-state index contributed by atoms with van der Waals surface area (Å²) in [4.78, 5) is 0. The van der Waals surface area contributed by atoms with E-state index in [1.54, 1.807) is 7.11 Å². The van der Waals surface area contributed by atoms with E-state index in [1.807, 2.05) is 0 Å². The van der Waals surface area contributed by atoms with E-state index >= 15 is 0 Å². The van der Waals surface area contributed by atoms with Crippen molar-refractivity contribution in [3.05, 3.63) is 33.8 Å². The maximum absolute atomic E-state index is 5.67. The molecule has 0 saturated carbocycles. The third kappa shape index (κ3) is 2.59. The standard InChI is InChI=1S/C15H20BrNO2/c1-18-15(7-8-19-10-15)9-17-14-6-5-11-12(14)3-2-4-13(11)16/h2-4,14,17H,5-10H2,1H3. The summed E-state index contributed by atoms with van der Waals surface area (Å²) in [6.45, 7) is 2.37. The SMILES string of the molecule is COC1(CNC2CCc3c(Br)cccc32)CCOC1. The highest BCUT2D eigenvalue weighted by molar-refractivity contribution is 9.10. The van der Waals surface area contributed by atoms with Gasteiger partial charge in [-0.25, -0.2) is 0 Å². The number of nitrogens with one attached hydrogen (secondary N) is 1. The average Bonchev–Trinajstić information content (AvgIpc) is 3.04. The third-order valence-electron chi connectivity index (χ3n) is 4.38. The van der Waals surface area contributed by atoms with Gasteiger partial charge in [-0.3, -0.25) is 0 Å². The Morgan fingerprint density at radius 3 is 3.16 bits per heavy atom. The molecule has 2 aliphatic rings. The van der Waals surface area contributed by atoms with Crippen molar-refractivity contribution in [3.63, 3.8) is 0 Å². The van der Waals surface area contributed by atoms with Gasteiger partial charge in [-0.2, -0.15) is 0 Å². The van der Waals surface area contributed by atoms with E-state index in [0.29, 0.717) is 12.6 Å². The van der Waals surface area contributed by atoms with E-state index in [9.17, 15) is 0 Å². The van der Waals surface area contributed by atoms with Crippen LogP contribution < -0.4 is 5.32 Å². The molecule has 2 atom stereocenters. The maximum Gasteiger partial charge on any atom is 0.106 e. The van der Waals surface area contributed by atoms with Crippen LogP contribution in [0.1, 0.15) is 30.0 Å². The van der Waals surface area contributed by atoms with Crippen LogP contribution in [0.4, 0.5) is 0 Å². The molecule has 0 spiro atoms. The lowest BCUT2D eigenvalue weighted by Gasteiger charge is -2.28. The van der Waals surface area contributed by atoms with Crippen molar-refractivity contribution in [2.24, 2.45) is 0 Å². The third-order valence-corrected chi connectivity index (χ3v) is 5.13. The Kier molecular flexibility index (Phi) is 3.94. The number of benzene rings is 1. The zero-order valence-corrected chi connectivity index (χ0v) is 12.8. The first kappa shape index (κ1) is 13.6.